The molecule has 1 aliphatic rings. The Hall–Kier alpha value is -0.0410. The fourth-order valence-corrected chi connectivity index (χ4v) is 8.83. The Labute approximate surface area is 148 Å². The maximum atomic E-state index is 6.21. The molecular formula is C19H28OSe2. The molecule has 0 saturated heterocycles. The van der Waals surface area contributed by atoms with Gasteiger partial charge in [-0.3, -0.25) is 0 Å². The first-order valence-electron chi connectivity index (χ1n) is 8.52. The second-order valence-electron chi connectivity index (χ2n) is 5.60. The zero-order valence-corrected chi connectivity index (χ0v) is 17.3. The summed E-state index contributed by atoms with van der Waals surface area (Å²) in [4.78, 5) is 0. The zero-order valence-electron chi connectivity index (χ0n) is 13.8. The zero-order chi connectivity index (χ0) is 15.6. The second kappa shape index (κ2) is 10.7. The van der Waals surface area contributed by atoms with E-state index in [0.717, 1.165) is 6.61 Å². The van der Waals surface area contributed by atoms with Gasteiger partial charge in [-0.2, -0.15) is 0 Å². The van der Waals surface area contributed by atoms with Gasteiger partial charge < -0.3 is 0 Å². The SMILES string of the molecule is CCCC[Se]C1=C([Se]CCCC)C(c2ccccc2)OCC1. The number of ether oxygens (including phenoxy) is 1. The summed E-state index contributed by atoms with van der Waals surface area (Å²) >= 11 is 1.30. The van der Waals surface area contributed by atoms with Crippen molar-refractivity contribution in [1.29, 1.82) is 0 Å². The molecule has 3 heteroatoms. The van der Waals surface area contributed by atoms with Crippen LogP contribution in [0.2, 0.25) is 10.6 Å². The molecule has 0 fully saturated rings. The number of benzene rings is 1. The summed E-state index contributed by atoms with van der Waals surface area (Å²) in [6, 6.07) is 10.9. The Morgan fingerprint density at radius 2 is 1.68 bits per heavy atom. The molecule has 0 saturated carbocycles. The third-order valence-electron chi connectivity index (χ3n) is 3.76. The molecular weight excluding hydrogens is 402 g/mol. The Bertz CT molecular complexity index is 456. The van der Waals surface area contributed by atoms with Crippen LogP contribution in [0.4, 0.5) is 0 Å². The van der Waals surface area contributed by atoms with E-state index < -0.39 is 0 Å². The average Bonchev–Trinajstić information content (AvgIpc) is 2.57. The van der Waals surface area contributed by atoms with Crippen molar-refractivity contribution in [2.45, 2.75) is 62.7 Å². The summed E-state index contributed by atoms with van der Waals surface area (Å²) in [7, 11) is 0. The van der Waals surface area contributed by atoms with E-state index in [4.69, 9.17) is 4.74 Å². The van der Waals surface area contributed by atoms with Crippen LogP contribution in [-0.4, -0.2) is 36.5 Å². The van der Waals surface area contributed by atoms with Gasteiger partial charge >= 0.3 is 149 Å². The molecule has 0 amide bonds. The van der Waals surface area contributed by atoms with Gasteiger partial charge in [-0.25, -0.2) is 0 Å². The molecule has 1 aromatic carbocycles. The van der Waals surface area contributed by atoms with E-state index in [1.807, 2.05) is 0 Å². The fraction of sp³-hybridized carbons (Fsp3) is 0.579. The minimum absolute atomic E-state index is 0.255. The number of hydrogen-bond acceptors (Lipinski definition) is 1. The molecule has 1 atom stereocenters. The molecule has 22 heavy (non-hydrogen) atoms. The number of unbranched alkanes of at least 4 members (excludes halogenated alkanes) is 2. The molecule has 1 aromatic rings. The van der Waals surface area contributed by atoms with Crippen LogP contribution in [0.3, 0.4) is 0 Å². The Morgan fingerprint density at radius 3 is 2.36 bits per heavy atom. The molecule has 0 N–H and O–H groups in total. The van der Waals surface area contributed by atoms with E-state index in [0.29, 0.717) is 29.9 Å². The minimum atomic E-state index is 0.255. The molecule has 0 bridgehead atoms. The van der Waals surface area contributed by atoms with Gasteiger partial charge in [-0.05, 0) is 0 Å². The second-order valence-corrected chi connectivity index (χ2v) is 10.5. The van der Waals surface area contributed by atoms with Crippen LogP contribution in [0.15, 0.2) is 39.3 Å². The van der Waals surface area contributed by atoms with Crippen molar-refractivity contribution >= 4 is 29.9 Å². The van der Waals surface area contributed by atoms with Gasteiger partial charge in [-0.1, -0.05) is 0 Å². The van der Waals surface area contributed by atoms with E-state index in [1.165, 1.54) is 48.3 Å². The van der Waals surface area contributed by atoms with E-state index in [9.17, 15) is 0 Å². The van der Waals surface area contributed by atoms with Gasteiger partial charge in [0.1, 0.15) is 0 Å². The van der Waals surface area contributed by atoms with Gasteiger partial charge in [0.2, 0.25) is 0 Å². The summed E-state index contributed by atoms with van der Waals surface area (Å²) in [6.07, 6.45) is 6.82. The summed E-state index contributed by atoms with van der Waals surface area (Å²) in [6.45, 7) is 5.51. The third kappa shape index (κ3) is 5.55. The molecule has 0 aliphatic carbocycles. The van der Waals surface area contributed by atoms with Crippen LogP contribution in [-0.2, 0) is 4.74 Å². The van der Waals surface area contributed by atoms with Gasteiger partial charge in [0.25, 0.3) is 0 Å². The molecule has 1 unspecified atom stereocenters. The summed E-state index contributed by atoms with van der Waals surface area (Å²) < 4.78 is 9.69. The van der Waals surface area contributed by atoms with Gasteiger partial charge in [-0.15, -0.1) is 0 Å². The molecule has 1 heterocycles. The molecule has 0 spiro atoms. The Morgan fingerprint density at radius 1 is 1.00 bits per heavy atom. The molecule has 0 aromatic heterocycles. The van der Waals surface area contributed by atoms with Gasteiger partial charge in [0.05, 0.1) is 0 Å². The van der Waals surface area contributed by atoms with Crippen LogP contribution in [0.5, 0.6) is 0 Å². The maximum absolute atomic E-state index is 6.21. The van der Waals surface area contributed by atoms with Crippen molar-refractivity contribution in [3.05, 3.63) is 44.8 Å². The van der Waals surface area contributed by atoms with Crippen LogP contribution in [0.25, 0.3) is 0 Å². The average molecular weight is 430 g/mol. The first kappa shape index (κ1) is 18.3. The van der Waals surface area contributed by atoms with E-state index in [2.05, 4.69) is 44.2 Å². The Balaban J connectivity index is 2.16. The van der Waals surface area contributed by atoms with Crippen molar-refractivity contribution < 1.29 is 4.74 Å². The van der Waals surface area contributed by atoms with E-state index in [-0.39, 0.29) is 6.10 Å². The predicted molar refractivity (Wildman–Crippen MR) is 97.7 cm³/mol. The van der Waals surface area contributed by atoms with Crippen molar-refractivity contribution in [2.75, 3.05) is 6.61 Å². The first-order chi connectivity index (χ1) is 10.9. The van der Waals surface area contributed by atoms with Crippen LogP contribution in [0, 0.1) is 0 Å². The number of hydrogen-bond donors (Lipinski definition) is 0. The predicted octanol–water partition coefficient (Wildman–Crippen LogP) is 5.20. The first-order valence-corrected chi connectivity index (χ1v) is 12.7. The topological polar surface area (TPSA) is 9.23 Å². The third-order valence-corrected chi connectivity index (χ3v) is 9.72. The molecule has 1 nitrogen and oxygen atoms in total. The summed E-state index contributed by atoms with van der Waals surface area (Å²) in [5, 5.41) is 2.78. The summed E-state index contributed by atoms with van der Waals surface area (Å²) in [5.41, 5.74) is 1.36. The van der Waals surface area contributed by atoms with E-state index >= 15 is 0 Å². The van der Waals surface area contributed by atoms with E-state index in [1.54, 1.807) is 8.94 Å². The quantitative estimate of drug-likeness (QED) is 0.386. The molecule has 2 rings (SSSR count). The van der Waals surface area contributed by atoms with Gasteiger partial charge in [0, 0.05) is 0 Å². The molecule has 1 aliphatic heterocycles. The van der Waals surface area contributed by atoms with Crippen molar-refractivity contribution in [1.82, 2.24) is 0 Å². The van der Waals surface area contributed by atoms with Crippen molar-refractivity contribution in [2.24, 2.45) is 0 Å². The van der Waals surface area contributed by atoms with Crippen LogP contribution >= 0.6 is 0 Å². The normalized spacial score (nSPS) is 18.7. The molecule has 0 radical (unpaired) electrons. The monoisotopic (exact) mass is 432 g/mol. The number of rotatable bonds is 9. The van der Waals surface area contributed by atoms with Crippen molar-refractivity contribution in [3.8, 4) is 0 Å². The summed E-state index contributed by atoms with van der Waals surface area (Å²) in [5.74, 6) is 0. The Kier molecular flexibility index (Phi) is 8.88. The van der Waals surface area contributed by atoms with Crippen LogP contribution < -0.4 is 0 Å². The molecule has 122 valence electrons. The fourth-order valence-electron chi connectivity index (χ4n) is 2.46. The van der Waals surface area contributed by atoms with Crippen molar-refractivity contribution in [3.63, 3.8) is 0 Å². The standard InChI is InChI=1S/C19H28OSe2/c1-3-5-14-21-17-12-13-20-18(16-10-8-7-9-11-16)19(17)22-15-6-4-2/h7-11,18H,3-6,12-15H2,1-2H3. The van der Waals surface area contributed by atoms with Gasteiger partial charge in [0.15, 0.2) is 0 Å². The van der Waals surface area contributed by atoms with Crippen LogP contribution in [0.1, 0.15) is 57.6 Å².